The number of hydrogen-bond donors (Lipinski definition) is 0. The van der Waals surface area contributed by atoms with Gasteiger partial charge < -0.3 is 4.90 Å². The Hall–Kier alpha value is -3.32. The van der Waals surface area contributed by atoms with Gasteiger partial charge in [0.05, 0.1) is 0 Å². The van der Waals surface area contributed by atoms with Gasteiger partial charge in [-0.25, -0.2) is 0 Å². The number of fused-ring (bicyclic) bond motifs is 3. The number of anilines is 3. The van der Waals surface area contributed by atoms with Gasteiger partial charge in [-0.3, -0.25) is 0 Å². The highest BCUT2D eigenvalue weighted by Crippen LogP contribution is 2.47. The van der Waals surface area contributed by atoms with E-state index in [4.69, 9.17) is 0 Å². The monoisotopic (exact) mass is 361 g/mol. The predicted molar refractivity (Wildman–Crippen MR) is 119 cm³/mol. The Bertz CT molecular complexity index is 1130. The van der Waals surface area contributed by atoms with Crippen LogP contribution in [0.5, 0.6) is 0 Å². The van der Waals surface area contributed by atoms with E-state index in [0.717, 1.165) is 0 Å². The molecule has 0 N–H and O–H groups in total. The minimum Gasteiger partial charge on any atom is -0.310 e. The van der Waals surface area contributed by atoms with Crippen LogP contribution in [0.2, 0.25) is 0 Å². The summed E-state index contributed by atoms with van der Waals surface area (Å²) >= 11 is 0. The molecule has 4 aromatic rings. The van der Waals surface area contributed by atoms with Gasteiger partial charge in [-0.1, -0.05) is 73.2 Å². The number of aryl methyl sites for hydroxylation is 1. The van der Waals surface area contributed by atoms with Crippen molar-refractivity contribution in [3.8, 4) is 11.1 Å². The molecule has 0 fully saturated rings. The van der Waals surface area contributed by atoms with E-state index in [1.54, 1.807) is 0 Å². The lowest BCUT2D eigenvalue weighted by atomic mass is 9.98. The number of rotatable bonds is 3. The largest absolute Gasteiger partial charge is 0.310 e. The highest BCUT2D eigenvalue weighted by molar-refractivity contribution is 5.84. The van der Waals surface area contributed by atoms with Crippen molar-refractivity contribution in [2.45, 2.75) is 19.8 Å². The van der Waals surface area contributed by atoms with Gasteiger partial charge in [0.1, 0.15) is 0 Å². The first-order valence-corrected chi connectivity index (χ1v) is 9.87. The number of benzene rings is 4. The first-order valence-electron chi connectivity index (χ1n) is 9.87. The van der Waals surface area contributed by atoms with Crippen molar-refractivity contribution >= 4 is 17.1 Å². The molecule has 5 rings (SSSR count). The molecule has 1 aliphatic carbocycles. The maximum Gasteiger partial charge on any atom is 0.0465 e. The minimum atomic E-state index is 0.418. The molecular formula is C27H23N. The fourth-order valence-corrected chi connectivity index (χ4v) is 4.30. The van der Waals surface area contributed by atoms with E-state index in [1.165, 1.54) is 44.9 Å². The Morgan fingerprint density at radius 1 is 0.571 bits per heavy atom. The first-order chi connectivity index (χ1) is 13.7. The topological polar surface area (TPSA) is 3.24 Å². The fraction of sp³-hybridized carbons (Fsp3) is 0.111. The van der Waals surface area contributed by atoms with E-state index < -0.39 is 0 Å². The van der Waals surface area contributed by atoms with E-state index in [2.05, 4.69) is 116 Å². The summed E-state index contributed by atoms with van der Waals surface area (Å²) in [7, 11) is 0. The summed E-state index contributed by atoms with van der Waals surface area (Å²) < 4.78 is 0. The molecule has 1 unspecified atom stereocenters. The smallest absolute Gasteiger partial charge is 0.0465 e. The van der Waals surface area contributed by atoms with Crippen molar-refractivity contribution in [2.75, 3.05) is 4.90 Å². The minimum absolute atomic E-state index is 0.418. The van der Waals surface area contributed by atoms with Gasteiger partial charge in [0.15, 0.2) is 0 Å². The predicted octanol–water partition coefficient (Wildman–Crippen LogP) is 7.60. The van der Waals surface area contributed by atoms with E-state index in [0.29, 0.717) is 5.92 Å². The van der Waals surface area contributed by atoms with E-state index in [-0.39, 0.29) is 0 Å². The second-order valence-corrected chi connectivity index (χ2v) is 7.59. The normalized spacial score (nSPS) is 14.4. The van der Waals surface area contributed by atoms with Crippen LogP contribution in [0.1, 0.15) is 29.5 Å². The molecule has 28 heavy (non-hydrogen) atoms. The van der Waals surface area contributed by atoms with E-state index >= 15 is 0 Å². The maximum absolute atomic E-state index is 2.37. The van der Waals surface area contributed by atoms with Gasteiger partial charge in [-0.15, -0.1) is 0 Å². The van der Waals surface area contributed by atoms with Crippen LogP contribution in [0, 0.1) is 6.92 Å². The van der Waals surface area contributed by atoms with Crippen molar-refractivity contribution in [3.63, 3.8) is 0 Å². The van der Waals surface area contributed by atoms with Crippen LogP contribution in [-0.2, 0) is 0 Å². The number of para-hydroxylation sites is 1. The lowest BCUT2D eigenvalue weighted by Gasteiger charge is -2.26. The van der Waals surface area contributed by atoms with Crippen LogP contribution in [-0.4, -0.2) is 0 Å². The number of nitrogens with zero attached hydrogens (tertiary/aromatic N) is 1. The highest BCUT2D eigenvalue weighted by Gasteiger charge is 2.26. The molecule has 136 valence electrons. The number of hydrogen-bond acceptors (Lipinski definition) is 1. The summed E-state index contributed by atoms with van der Waals surface area (Å²) in [6.45, 7) is 4.44. The molecule has 0 spiro atoms. The zero-order chi connectivity index (χ0) is 19.1. The lowest BCUT2D eigenvalue weighted by molar-refractivity contribution is 0.956. The summed E-state index contributed by atoms with van der Waals surface area (Å²) in [4.78, 5) is 2.34. The molecule has 0 saturated heterocycles. The van der Waals surface area contributed by atoms with Crippen LogP contribution >= 0.6 is 0 Å². The molecular weight excluding hydrogens is 338 g/mol. The zero-order valence-corrected chi connectivity index (χ0v) is 16.3. The summed E-state index contributed by atoms with van der Waals surface area (Å²) in [5, 5.41) is 0. The standard InChI is InChI=1S/C27H23N/c1-19-12-14-22(15-13-19)28(21-8-4-3-5-9-21)23-16-17-26-25-11-7-6-10-24(25)20(2)27(26)18-23/h3-18,20H,1-2H3. The van der Waals surface area contributed by atoms with E-state index in [9.17, 15) is 0 Å². The Kier molecular flexibility index (Phi) is 4.02. The van der Waals surface area contributed by atoms with E-state index in [1.807, 2.05) is 0 Å². The van der Waals surface area contributed by atoms with Gasteiger partial charge in [0.25, 0.3) is 0 Å². The fourth-order valence-electron chi connectivity index (χ4n) is 4.30. The molecule has 1 atom stereocenters. The molecule has 0 saturated carbocycles. The first kappa shape index (κ1) is 16.8. The average Bonchev–Trinajstić information content (AvgIpc) is 3.03. The Labute approximate surface area is 166 Å². The highest BCUT2D eigenvalue weighted by atomic mass is 15.1. The zero-order valence-electron chi connectivity index (χ0n) is 16.3. The summed E-state index contributed by atoms with van der Waals surface area (Å²) in [5.41, 5.74) is 10.4. The van der Waals surface area contributed by atoms with Gasteiger partial charge in [0, 0.05) is 23.0 Å². The van der Waals surface area contributed by atoms with Crippen LogP contribution in [0.25, 0.3) is 11.1 Å². The Morgan fingerprint density at radius 2 is 1.18 bits per heavy atom. The Balaban J connectivity index is 1.66. The third-order valence-corrected chi connectivity index (χ3v) is 5.78. The van der Waals surface area contributed by atoms with Crippen molar-refractivity contribution < 1.29 is 0 Å². The second-order valence-electron chi connectivity index (χ2n) is 7.59. The molecule has 4 aromatic carbocycles. The molecule has 0 heterocycles. The van der Waals surface area contributed by atoms with Crippen LogP contribution in [0.15, 0.2) is 97.1 Å². The third-order valence-electron chi connectivity index (χ3n) is 5.78. The van der Waals surface area contributed by atoms with Crippen molar-refractivity contribution in [3.05, 3.63) is 114 Å². The van der Waals surface area contributed by atoms with Crippen molar-refractivity contribution in [1.82, 2.24) is 0 Å². The SMILES string of the molecule is Cc1ccc(N(c2ccccc2)c2ccc3c(c2)C(C)c2ccccc2-3)cc1. The van der Waals surface area contributed by atoms with Crippen LogP contribution in [0.3, 0.4) is 0 Å². The average molecular weight is 361 g/mol. The van der Waals surface area contributed by atoms with Crippen LogP contribution < -0.4 is 4.90 Å². The second kappa shape index (κ2) is 6.69. The Morgan fingerprint density at radius 3 is 1.96 bits per heavy atom. The molecule has 1 heteroatoms. The molecule has 0 radical (unpaired) electrons. The van der Waals surface area contributed by atoms with Crippen LogP contribution in [0.4, 0.5) is 17.1 Å². The molecule has 0 aromatic heterocycles. The van der Waals surface area contributed by atoms with Gasteiger partial charge in [-0.2, -0.15) is 0 Å². The maximum atomic E-state index is 2.37. The van der Waals surface area contributed by atoms with Gasteiger partial charge >= 0.3 is 0 Å². The molecule has 1 aliphatic rings. The van der Waals surface area contributed by atoms with Gasteiger partial charge in [-0.05, 0) is 65.6 Å². The molecule has 1 nitrogen and oxygen atoms in total. The molecule has 0 amide bonds. The molecule has 0 bridgehead atoms. The lowest BCUT2D eigenvalue weighted by Crippen LogP contribution is -2.10. The molecule has 0 aliphatic heterocycles. The van der Waals surface area contributed by atoms with Gasteiger partial charge in [0.2, 0.25) is 0 Å². The summed E-state index contributed by atoms with van der Waals surface area (Å²) in [6.07, 6.45) is 0. The van der Waals surface area contributed by atoms with Crippen molar-refractivity contribution in [2.24, 2.45) is 0 Å². The third kappa shape index (κ3) is 2.71. The summed E-state index contributed by atoms with van der Waals surface area (Å²) in [6, 6.07) is 35.1. The van der Waals surface area contributed by atoms with Crippen molar-refractivity contribution in [1.29, 1.82) is 0 Å². The quantitative estimate of drug-likeness (QED) is 0.363. The summed E-state index contributed by atoms with van der Waals surface area (Å²) in [5.74, 6) is 0.418.